The zero-order chi connectivity index (χ0) is 13.0. The first-order valence-corrected chi connectivity index (χ1v) is 8.58. The molecule has 0 aromatic carbocycles. The zero-order valence-corrected chi connectivity index (χ0v) is 12.4. The Labute approximate surface area is 104 Å². The summed E-state index contributed by atoms with van der Waals surface area (Å²) < 4.78 is 5.87. The number of hydrogen-bond acceptors (Lipinski definition) is 2. The Bertz CT molecular complexity index is 279. The van der Waals surface area contributed by atoms with Gasteiger partial charge in [-0.2, -0.15) is 0 Å². The minimum atomic E-state index is -1.74. The average Bonchev–Trinajstić information content (AvgIpc) is 1.99. The highest BCUT2D eigenvalue weighted by atomic mass is 35.5. The molecule has 0 fully saturated rings. The van der Waals surface area contributed by atoms with Gasteiger partial charge in [-0.1, -0.05) is 32.4 Å². The molecule has 0 spiro atoms. The minimum Gasteiger partial charge on any atom is -0.478 e. The van der Waals surface area contributed by atoms with Crippen molar-refractivity contribution in [1.82, 2.24) is 0 Å². The monoisotopic (exact) mass is 264 g/mol. The lowest BCUT2D eigenvalue weighted by molar-refractivity contribution is -0.131. The van der Waals surface area contributed by atoms with Crippen LogP contribution in [0.25, 0.3) is 0 Å². The van der Waals surface area contributed by atoms with E-state index in [2.05, 4.69) is 33.9 Å². The van der Waals surface area contributed by atoms with Crippen LogP contribution in [-0.2, 0) is 9.22 Å². The van der Waals surface area contributed by atoms with E-state index < -0.39 is 14.3 Å². The Morgan fingerprint density at radius 1 is 1.44 bits per heavy atom. The molecule has 94 valence electrons. The summed E-state index contributed by atoms with van der Waals surface area (Å²) in [6.45, 7) is 11.3. The van der Waals surface area contributed by atoms with Crippen molar-refractivity contribution in [2.75, 3.05) is 6.61 Å². The van der Waals surface area contributed by atoms with E-state index >= 15 is 0 Å². The second kappa shape index (κ2) is 5.84. The first-order valence-electron chi connectivity index (χ1n) is 5.29. The number of rotatable bonds is 5. The maximum Gasteiger partial charge on any atom is 0.329 e. The van der Waals surface area contributed by atoms with E-state index in [4.69, 9.17) is 21.1 Å². The van der Waals surface area contributed by atoms with Crippen LogP contribution in [-0.4, -0.2) is 26.0 Å². The van der Waals surface area contributed by atoms with Crippen LogP contribution >= 0.6 is 11.6 Å². The Balaban J connectivity index is 4.14. The van der Waals surface area contributed by atoms with E-state index in [0.29, 0.717) is 18.1 Å². The van der Waals surface area contributed by atoms with Crippen LogP contribution in [0.5, 0.6) is 0 Å². The van der Waals surface area contributed by atoms with Crippen molar-refractivity contribution in [2.45, 2.75) is 45.3 Å². The number of carboxylic acids is 1. The van der Waals surface area contributed by atoms with Gasteiger partial charge in [0.25, 0.3) is 0 Å². The fourth-order valence-electron chi connectivity index (χ4n) is 0.826. The zero-order valence-electron chi connectivity index (χ0n) is 10.6. The number of halogens is 1. The maximum absolute atomic E-state index is 10.3. The number of hydrogen-bond donors (Lipinski definition) is 1. The van der Waals surface area contributed by atoms with Crippen molar-refractivity contribution < 1.29 is 14.3 Å². The molecule has 1 N–H and O–H groups in total. The molecule has 0 aliphatic rings. The molecule has 0 amide bonds. The topological polar surface area (TPSA) is 46.5 Å². The van der Waals surface area contributed by atoms with Crippen LogP contribution in [0.2, 0.25) is 18.1 Å². The third kappa shape index (κ3) is 5.68. The predicted octanol–water partition coefficient (Wildman–Crippen LogP) is 3.61. The van der Waals surface area contributed by atoms with E-state index in [1.807, 2.05) is 0 Å². The smallest absolute Gasteiger partial charge is 0.329 e. The molecule has 0 saturated carbocycles. The van der Waals surface area contributed by atoms with E-state index in [-0.39, 0.29) is 5.04 Å². The molecule has 0 rings (SSSR count). The van der Waals surface area contributed by atoms with Crippen LogP contribution < -0.4 is 0 Å². The van der Waals surface area contributed by atoms with Crippen LogP contribution in [0.1, 0.15) is 27.2 Å². The fraction of sp³-hybridized carbons (Fsp3) is 0.727. The largest absolute Gasteiger partial charge is 0.478 e. The molecular weight excluding hydrogens is 244 g/mol. The second-order valence-corrected chi connectivity index (χ2v) is 10.6. The highest BCUT2D eigenvalue weighted by Crippen LogP contribution is 2.36. The molecule has 0 unspecified atom stereocenters. The molecule has 0 bridgehead atoms. The molecule has 0 atom stereocenters. The lowest BCUT2D eigenvalue weighted by atomic mass is 10.2. The summed E-state index contributed by atoms with van der Waals surface area (Å²) in [7, 11) is -1.74. The summed E-state index contributed by atoms with van der Waals surface area (Å²) in [6.07, 6.45) is 1.47. The van der Waals surface area contributed by atoms with Gasteiger partial charge < -0.3 is 9.53 Å². The maximum atomic E-state index is 10.3. The van der Waals surface area contributed by atoms with Gasteiger partial charge in [0.15, 0.2) is 8.32 Å². The van der Waals surface area contributed by atoms with Crippen molar-refractivity contribution in [2.24, 2.45) is 0 Å². The Morgan fingerprint density at radius 2 is 1.94 bits per heavy atom. The van der Waals surface area contributed by atoms with E-state index in [1.165, 1.54) is 0 Å². The summed E-state index contributed by atoms with van der Waals surface area (Å²) in [5.74, 6) is -1.02. The van der Waals surface area contributed by atoms with Gasteiger partial charge in [-0.3, -0.25) is 0 Å². The summed E-state index contributed by atoms with van der Waals surface area (Å²) in [4.78, 5) is 10.3. The van der Waals surface area contributed by atoms with Gasteiger partial charge in [0, 0.05) is 24.1 Å². The van der Waals surface area contributed by atoms with Gasteiger partial charge in [-0.05, 0) is 18.1 Å². The van der Waals surface area contributed by atoms with E-state index in [1.54, 1.807) is 0 Å². The number of carbonyl (C=O) groups is 1. The predicted molar refractivity (Wildman–Crippen MR) is 69.3 cm³/mol. The summed E-state index contributed by atoms with van der Waals surface area (Å²) >= 11 is 5.73. The molecule has 0 aromatic rings. The van der Waals surface area contributed by atoms with Crippen molar-refractivity contribution in [3.05, 3.63) is 11.1 Å². The minimum absolute atomic E-state index is 0.163. The second-order valence-electron chi connectivity index (χ2n) is 5.29. The number of aliphatic carboxylic acids is 1. The molecule has 0 aliphatic heterocycles. The van der Waals surface area contributed by atoms with Gasteiger partial charge in [0.05, 0.1) is 0 Å². The average molecular weight is 265 g/mol. The molecular formula is C11H21ClO3Si. The fourth-order valence-corrected chi connectivity index (χ4v) is 2.04. The van der Waals surface area contributed by atoms with Crippen LogP contribution in [0.15, 0.2) is 11.1 Å². The van der Waals surface area contributed by atoms with Crippen LogP contribution in [0.3, 0.4) is 0 Å². The first-order chi connectivity index (χ1) is 7.06. The molecule has 5 heteroatoms. The summed E-state index contributed by atoms with van der Waals surface area (Å²) in [5.41, 5.74) is 0. The van der Waals surface area contributed by atoms with Gasteiger partial charge in [0.1, 0.15) is 0 Å². The lowest BCUT2D eigenvalue weighted by Crippen LogP contribution is -2.40. The van der Waals surface area contributed by atoms with Gasteiger partial charge >= 0.3 is 5.97 Å². The molecule has 0 aliphatic carbocycles. The third-order valence-corrected chi connectivity index (χ3v) is 7.73. The Morgan fingerprint density at radius 3 is 2.31 bits per heavy atom. The highest BCUT2D eigenvalue weighted by molar-refractivity contribution is 6.74. The highest BCUT2D eigenvalue weighted by Gasteiger charge is 2.36. The lowest BCUT2D eigenvalue weighted by Gasteiger charge is -2.36. The van der Waals surface area contributed by atoms with E-state index in [9.17, 15) is 4.79 Å². The number of carboxylic acid groups (broad SMARTS) is 1. The van der Waals surface area contributed by atoms with Crippen molar-refractivity contribution in [1.29, 1.82) is 0 Å². The first kappa shape index (κ1) is 15.7. The van der Waals surface area contributed by atoms with Gasteiger partial charge in [0.2, 0.25) is 0 Å². The van der Waals surface area contributed by atoms with Crippen LogP contribution in [0, 0.1) is 0 Å². The van der Waals surface area contributed by atoms with Crippen LogP contribution in [0.4, 0.5) is 0 Å². The third-order valence-electron chi connectivity index (χ3n) is 2.89. The summed E-state index contributed by atoms with van der Waals surface area (Å²) in [6, 6.07) is 0. The molecule has 0 heterocycles. The standard InChI is InChI=1S/C11H21ClO3Si/c1-11(2,3)16(4,5)15-7-6-9(12)8-10(13)14/h8H,6-7H2,1-5H3,(H,13,14)/b9-8-. The van der Waals surface area contributed by atoms with Crippen molar-refractivity contribution >= 4 is 25.9 Å². The normalized spacial score (nSPS) is 14.0. The SMILES string of the molecule is CC(C)(C)[Si](C)(C)OCC/C(Cl)=C/C(=O)O. The van der Waals surface area contributed by atoms with Crippen molar-refractivity contribution in [3.8, 4) is 0 Å². The van der Waals surface area contributed by atoms with Crippen molar-refractivity contribution in [3.63, 3.8) is 0 Å². The summed E-state index contributed by atoms with van der Waals surface area (Å²) in [5, 5.41) is 8.97. The molecule has 3 nitrogen and oxygen atoms in total. The van der Waals surface area contributed by atoms with Gasteiger partial charge in [-0.25, -0.2) is 4.79 Å². The Hall–Kier alpha value is -0.323. The molecule has 16 heavy (non-hydrogen) atoms. The molecule has 0 aromatic heterocycles. The molecule has 0 saturated heterocycles. The quantitative estimate of drug-likeness (QED) is 0.610. The Kier molecular flexibility index (Phi) is 5.72. The van der Waals surface area contributed by atoms with E-state index in [0.717, 1.165) is 6.08 Å². The van der Waals surface area contributed by atoms with Gasteiger partial charge in [-0.15, -0.1) is 0 Å². The molecule has 0 radical (unpaired) electrons.